The summed E-state index contributed by atoms with van der Waals surface area (Å²) in [5, 5.41) is 10.4. The van der Waals surface area contributed by atoms with E-state index in [0.29, 0.717) is 0 Å². The Kier molecular flexibility index (Phi) is 3.99. The van der Waals surface area contributed by atoms with E-state index in [2.05, 4.69) is 0 Å². The lowest BCUT2D eigenvalue weighted by atomic mass is 10.3. The normalized spacial score (nSPS) is 12.9. The van der Waals surface area contributed by atoms with Gasteiger partial charge in [-0.05, 0) is 19.1 Å². The van der Waals surface area contributed by atoms with Crippen LogP contribution in [0.5, 0.6) is 0 Å². The number of hydrogen-bond donors (Lipinski definition) is 2. The van der Waals surface area contributed by atoms with Crippen molar-refractivity contribution in [2.75, 3.05) is 0 Å². The first-order chi connectivity index (χ1) is 8.24. The summed E-state index contributed by atoms with van der Waals surface area (Å²) in [4.78, 5) is 20.3. The fourth-order valence-electron chi connectivity index (χ4n) is 1.11. The molecule has 0 saturated carbocycles. The summed E-state index contributed by atoms with van der Waals surface area (Å²) < 4.78 is 25.5. The molecule has 0 saturated heterocycles. The van der Waals surface area contributed by atoms with Gasteiger partial charge in [-0.15, -0.1) is 0 Å². The number of rotatable bonds is 5. The van der Waals surface area contributed by atoms with Gasteiger partial charge in [-0.2, -0.15) is 4.72 Å². The molecule has 3 N–H and O–H groups in total. The Hall–Kier alpha value is -2.00. The summed E-state index contributed by atoms with van der Waals surface area (Å²) in [5.41, 5.74) is 4.70. The number of carbonyl (C=O) groups excluding carboxylic acids is 1. The number of hydrogen-bond acceptors (Lipinski definition) is 5. The van der Waals surface area contributed by atoms with Crippen molar-refractivity contribution in [2.24, 2.45) is 5.73 Å². The monoisotopic (exact) mass is 273 g/mol. The minimum Gasteiger partial charge on any atom is -0.368 e. The summed E-state index contributed by atoms with van der Waals surface area (Å²) in [6, 6.07) is 3.21. The Bertz CT molecular complexity index is 566. The highest BCUT2D eigenvalue weighted by Gasteiger charge is 2.20. The SMILES string of the molecule is CC(NS(=O)(=O)c1ccc([N+](=O)[O-])cc1)C(N)=O. The van der Waals surface area contributed by atoms with Crippen LogP contribution in [0.25, 0.3) is 0 Å². The van der Waals surface area contributed by atoms with Gasteiger partial charge in [-0.25, -0.2) is 8.42 Å². The van der Waals surface area contributed by atoms with Crippen molar-refractivity contribution in [1.82, 2.24) is 4.72 Å². The number of nitro benzene ring substituents is 1. The van der Waals surface area contributed by atoms with Crippen molar-refractivity contribution >= 4 is 21.6 Å². The van der Waals surface area contributed by atoms with E-state index in [9.17, 15) is 23.3 Å². The van der Waals surface area contributed by atoms with Crippen molar-refractivity contribution in [3.05, 3.63) is 34.4 Å². The summed E-state index contributed by atoms with van der Waals surface area (Å²) >= 11 is 0. The standard InChI is InChI=1S/C9H11N3O5S/c1-6(9(10)13)11-18(16,17)8-4-2-7(3-5-8)12(14)15/h2-6,11H,1H3,(H2,10,13). The van der Waals surface area contributed by atoms with E-state index in [1.807, 2.05) is 4.72 Å². The highest BCUT2D eigenvalue weighted by molar-refractivity contribution is 7.89. The average molecular weight is 273 g/mol. The maximum atomic E-state index is 11.7. The molecule has 0 aromatic heterocycles. The number of amides is 1. The Morgan fingerprint density at radius 3 is 2.28 bits per heavy atom. The molecule has 0 spiro atoms. The smallest absolute Gasteiger partial charge is 0.269 e. The van der Waals surface area contributed by atoms with Crippen LogP contribution in [-0.4, -0.2) is 25.3 Å². The summed E-state index contributed by atoms with van der Waals surface area (Å²) in [6.45, 7) is 1.30. The lowest BCUT2D eigenvalue weighted by Crippen LogP contribution is -2.42. The second kappa shape index (κ2) is 5.10. The zero-order valence-electron chi connectivity index (χ0n) is 9.36. The lowest BCUT2D eigenvalue weighted by Gasteiger charge is -2.10. The van der Waals surface area contributed by atoms with Crippen LogP contribution in [0.2, 0.25) is 0 Å². The molecule has 0 aliphatic heterocycles. The van der Waals surface area contributed by atoms with Crippen molar-refractivity contribution in [3.63, 3.8) is 0 Å². The second-order valence-corrected chi connectivity index (χ2v) is 5.21. The predicted molar refractivity (Wildman–Crippen MR) is 62.1 cm³/mol. The van der Waals surface area contributed by atoms with Crippen molar-refractivity contribution in [3.8, 4) is 0 Å². The molecule has 0 fully saturated rings. The van der Waals surface area contributed by atoms with Crippen LogP contribution in [0, 0.1) is 10.1 Å². The van der Waals surface area contributed by atoms with Crippen LogP contribution < -0.4 is 10.5 Å². The van der Waals surface area contributed by atoms with Crippen LogP contribution in [0.1, 0.15) is 6.92 Å². The minimum absolute atomic E-state index is 0.179. The van der Waals surface area contributed by atoms with E-state index in [1.54, 1.807) is 0 Å². The van der Waals surface area contributed by atoms with Crippen molar-refractivity contribution < 1.29 is 18.1 Å². The third-order valence-corrected chi connectivity index (χ3v) is 3.67. The molecule has 0 aliphatic rings. The third kappa shape index (κ3) is 3.25. The fraction of sp³-hybridized carbons (Fsp3) is 0.222. The van der Waals surface area contributed by atoms with Crippen LogP contribution in [0.3, 0.4) is 0 Å². The van der Waals surface area contributed by atoms with Gasteiger partial charge in [0.25, 0.3) is 5.69 Å². The Morgan fingerprint density at radius 1 is 1.39 bits per heavy atom. The van der Waals surface area contributed by atoms with E-state index in [0.717, 1.165) is 24.3 Å². The number of sulfonamides is 1. The maximum Gasteiger partial charge on any atom is 0.269 e. The third-order valence-electron chi connectivity index (χ3n) is 2.12. The van der Waals surface area contributed by atoms with Gasteiger partial charge < -0.3 is 5.73 Å². The summed E-state index contributed by atoms with van der Waals surface area (Å²) in [6.07, 6.45) is 0. The molecule has 1 unspecified atom stereocenters. The summed E-state index contributed by atoms with van der Waals surface area (Å²) in [5.74, 6) is -0.819. The molecule has 0 aliphatic carbocycles. The molecule has 1 aromatic carbocycles. The molecule has 0 heterocycles. The Labute approximate surface area is 103 Å². The molecule has 8 nitrogen and oxygen atoms in total. The molecule has 18 heavy (non-hydrogen) atoms. The highest BCUT2D eigenvalue weighted by Crippen LogP contribution is 2.15. The molecule has 0 radical (unpaired) electrons. The largest absolute Gasteiger partial charge is 0.368 e. The van der Waals surface area contributed by atoms with Crippen LogP contribution in [0.4, 0.5) is 5.69 Å². The van der Waals surface area contributed by atoms with Crippen LogP contribution >= 0.6 is 0 Å². The molecule has 1 atom stereocenters. The summed E-state index contributed by atoms with van der Waals surface area (Å²) in [7, 11) is -3.92. The maximum absolute atomic E-state index is 11.7. The predicted octanol–water partition coefficient (Wildman–Crippen LogP) is -0.253. The van der Waals surface area contributed by atoms with Gasteiger partial charge in [0.1, 0.15) is 0 Å². The lowest BCUT2D eigenvalue weighted by molar-refractivity contribution is -0.384. The molecule has 1 rings (SSSR count). The number of nitro groups is 1. The molecule has 1 amide bonds. The van der Waals surface area contributed by atoms with Gasteiger partial charge in [-0.1, -0.05) is 0 Å². The topological polar surface area (TPSA) is 132 Å². The number of benzene rings is 1. The van der Waals surface area contributed by atoms with E-state index in [1.165, 1.54) is 6.92 Å². The quantitative estimate of drug-likeness (QED) is 0.563. The number of nitrogens with two attached hydrogens (primary N) is 1. The van der Waals surface area contributed by atoms with Crippen molar-refractivity contribution in [1.29, 1.82) is 0 Å². The van der Waals surface area contributed by atoms with Crippen molar-refractivity contribution in [2.45, 2.75) is 17.9 Å². The molecule has 1 aromatic rings. The number of nitrogens with one attached hydrogen (secondary N) is 1. The highest BCUT2D eigenvalue weighted by atomic mass is 32.2. The average Bonchev–Trinajstić information content (AvgIpc) is 2.28. The number of primary amides is 1. The first kappa shape index (κ1) is 14.1. The van der Waals surface area contributed by atoms with E-state index < -0.39 is 26.9 Å². The van der Waals surface area contributed by atoms with Gasteiger partial charge in [-0.3, -0.25) is 14.9 Å². The van der Waals surface area contributed by atoms with Crippen LogP contribution in [0.15, 0.2) is 29.2 Å². The van der Waals surface area contributed by atoms with Gasteiger partial charge in [0.2, 0.25) is 15.9 Å². The molecular formula is C9H11N3O5S. The number of non-ortho nitro benzene ring substituents is 1. The molecule has 9 heteroatoms. The van der Waals surface area contributed by atoms with Crippen LogP contribution in [-0.2, 0) is 14.8 Å². The van der Waals surface area contributed by atoms with Gasteiger partial charge in [0.15, 0.2) is 0 Å². The molecule has 0 bridgehead atoms. The first-order valence-electron chi connectivity index (χ1n) is 4.80. The fourth-order valence-corrected chi connectivity index (χ4v) is 2.32. The van der Waals surface area contributed by atoms with Gasteiger partial charge in [0.05, 0.1) is 15.9 Å². The molecular weight excluding hydrogens is 262 g/mol. The number of carbonyl (C=O) groups is 1. The minimum atomic E-state index is -3.92. The van der Waals surface area contributed by atoms with E-state index >= 15 is 0 Å². The zero-order chi connectivity index (χ0) is 13.9. The zero-order valence-corrected chi connectivity index (χ0v) is 10.2. The Balaban J connectivity index is 2.99. The second-order valence-electron chi connectivity index (χ2n) is 3.50. The van der Waals surface area contributed by atoms with E-state index in [-0.39, 0.29) is 10.6 Å². The Morgan fingerprint density at radius 2 is 1.89 bits per heavy atom. The molecule has 98 valence electrons. The van der Waals surface area contributed by atoms with Gasteiger partial charge in [0, 0.05) is 12.1 Å². The number of nitrogens with zero attached hydrogens (tertiary/aromatic N) is 1. The van der Waals surface area contributed by atoms with E-state index in [4.69, 9.17) is 5.73 Å². The first-order valence-corrected chi connectivity index (χ1v) is 6.28. The van der Waals surface area contributed by atoms with Gasteiger partial charge >= 0.3 is 0 Å².